The number of ether oxygens (including phenoxy) is 4. The molecule has 0 heterocycles. The Kier molecular flexibility index (Phi) is 7.68. The maximum Gasteiger partial charge on any atom is 0.241 e. The van der Waals surface area contributed by atoms with Crippen LogP contribution in [0.3, 0.4) is 0 Å². The predicted octanol–water partition coefficient (Wildman–Crippen LogP) is 3.08. The fourth-order valence-electron chi connectivity index (χ4n) is 2.73. The summed E-state index contributed by atoms with van der Waals surface area (Å²) in [6, 6.07) is 9.49. The lowest BCUT2D eigenvalue weighted by Gasteiger charge is -2.19. The molecule has 0 saturated carbocycles. The monoisotopic (exact) mass is 409 g/mol. The zero-order chi connectivity index (χ0) is 20.7. The molecule has 0 amide bonds. The highest BCUT2D eigenvalue weighted by Gasteiger charge is 2.22. The average molecular weight is 410 g/mol. The normalized spacial score (nSPS) is 12.5. The lowest BCUT2D eigenvalue weighted by molar-refractivity contribution is 0.146. The van der Waals surface area contributed by atoms with Crippen LogP contribution in [0.1, 0.15) is 24.1 Å². The number of rotatable bonds is 10. The van der Waals surface area contributed by atoms with Gasteiger partial charge in [0.1, 0.15) is 23.9 Å². The van der Waals surface area contributed by atoms with E-state index in [1.807, 2.05) is 0 Å². The molecule has 8 heteroatoms. The summed E-state index contributed by atoms with van der Waals surface area (Å²) in [4.78, 5) is 0.165. The average Bonchev–Trinajstić information content (AvgIpc) is 2.68. The van der Waals surface area contributed by atoms with Crippen molar-refractivity contribution >= 4 is 10.0 Å². The molecule has 1 atom stereocenters. The topological polar surface area (TPSA) is 83.1 Å². The summed E-state index contributed by atoms with van der Waals surface area (Å²) in [6.45, 7) is 4.41. The molecule has 0 saturated heterocycles. The van der Waals surface area contributed by atoms with E-state index in [4.69, 9.17) is 18.9 Å². The highest BCUT2D eigenvalue weighted by Crippen LogP contribution is 2.30. The van der Waals surface area contributed by atoms with Crippen LogP contribution in [-0.4, -0.2) is 43.0 Å². The van der Waals surface area contributed by atoms with Crippen LogP contribution in [-0.2, 0) is 14.8 Å². The maximum atomic E-state index is 12.8. The van der Waals surface area contributed by atoms with Crippen molar-refractivity contribution in [2.75, 3.05) is 34.5 Å². The number of hydrogen-bond donors (Lipinski definition) is 1. The van der Waals surface area contributed by atoms with E-state index in [1.54, 1.807) is 58.4 Å². The van der Waals surface area contributed by atoms with E-state index >= 15 is 0 Å². The molecule has 0 fully saturated rings. The van der Waals surface area contributed by atoms with E-state index in [-0.39, 0.29) is 4.90 Å². The number of aryl methyl sites for hydroxylation is 1. The highest BCUT2D eigenvalue weighted by molar-refractivity contribution is 7.89. The van der Waals surface area contributed by atoms with Gasteiger partial charge < -0.3 is 18.9 Å². The molecule has 2 aromatic carbocycles. The third-order valence-electron chi connectivity index (χ3n) is 4.24. The third kappa shape index (κ3) is 5.37. The van der Waals surface area contributed by atoms with E-state index in [0.717, 1.165) is 5.56 Å². The number of hydrogen-bond acceptors (Lipinski definition) is 6. The molecule has 7 nitrogen and oxygen atoms in total. The first-order chi connectivity index (χ1) is 13.3. The standard InChI is InChI=1S/C20H27NO6S/c1-14-12-17(7-9-19(14)27-11-10-24-3)28(22,23)21-15(2)18-13-16(25-4)6-8-20(18)26-5/h6-9,12-13,15,21H,10-11H2,1-5H3/t15-/m1/s1. The molecular formula is C20H27NO6S. The second-order valence-electron chi connectivity index (χ2n) is 6.22. The summed E-state index contributed by atoms with van der Waals surface area (Å²) in [6.07, 6.45) is 0. The van der Waals surface area contributed by atoms with Gasteiger partial charge in [0, 0.05) is 18.7 Å². The molecule has 0 radical (unpaired) electrons. The van der Waals surface area contributed by atoms with Gasteiger partial charge in [-0.15, -0.1) is 0 Å². The van der Waals surface area contributed by atoms with Crippen LogP contribution in [0.2, 0.25) is 0 Å². The zero-order valence-corrected chi connectivity index (χ0v) is 17.6. The van der Waals surface area contributed by atoms with E-state index in [0.29, 0.717) is 36.0 Å². The summed E-state index contributed by atoms with van der Waals surface area (Å²) < 4.78 is 49.5. The molecule has 28 heavy (non-hydrogen) atoms. The molecule has 2 rings (SSSR count). The summed E-state index contributed by atoms with van der Waals surface area (Å²) in [5, 5.41) is 0. The smallest absolute Gasteiger partial charge is 0.241 e. The number of methoxy groups -OCH3 is 3. The number of sulfonamides is 1. The quantitative estimate of drug-likeness (QED) is 0.607. The number of benzene rings is 2. The van der Waals surface area contributed by atoms with Crippen LogP contribution in [0.4, 0.5) is 0 Å². The largest absolute Gasteiger partial charge is 0.497 e. The first-order valence-electron chi connectivity index (χ1n) is 8.79. The van der Waals surface area contributed by atoms with Gasteiger partial charge in [-0.1, -0.05) is 0 Å². The van der Waals surface area contributed by atoms with E-state index < -0.39 is 16.1 Å². The van der Waals surface area contributed by atoms with Crippen molar-refractivity contribution in [3.63, 3.8) is 0 Å². The van der Waals surface area contributed by atoms with E-state index in [1.165, 1.54) is 13.2 Å². The molecule has 0 spiro atoms. The van der Waals surface area contributed by atoms with Crippen molar-refractivity contribution in [3.8, 4) is 17.2 Å². The third-order valence-corrected chi connectivity index (χ3v) is 5.78. The van der Waals surface area contributed by atoms with Crippen molar-refractivity contribution in [1.29, 1.82) is 0 Å². The van der Waals surface area contributed by atoms with Crippen LogP contribution in [0.5, 0.6) is 17.2 Å². The van der Waals surface area contributed by atoms with Crippen LogP contribution < -0.4 is 18.9 Å². The van der Waals surface area contributed by atoms with Gasteiger partial charge in [-0.3, -0.25) is 0 Å². The van der Waals surface area contributed by atoms with Crippen LogP contribution in [0.25, 0.3) is 0 Å². The van der Waals surface area contributed by atoms with Crippen molar-refractivity contribution in [3.05, 3.63) is 47.5 Å². The van der Waals surface area contributed by atoms with Gasteiger partial charge in [-0.25, -0.2) is 13.1 Å². The predicted molar refractivity (Wildman–Crippen MR) is 107 cm³/mol. The van der Waals surface area contributed by atoms with Crippen LogP contribution >= 0.6 is 0 Å². The Morgan fingerprint density at radius 1 is 0.964 bits per heavy atom. The highest BCUT2D eigenvalue weighted by atomic mass is 32.2. The summed E-state index contributed by atoms with van der Waals surface area (Å²) in [5.41, 5.74) is 1.41. The molecule has 0 aliphatic carbocycles. The maximum absolute atomic E-state index is 12.8. The number of nitrogens with one attached hydrogen (secondary N) is 1. The molecule has 0 aliphatic rings. The molecule has 0 bridgehead atoms. The van der Waals surface area contributed by atoms with Gasteiger partial charge >= 0.3 is 0 Å². The Morgan fingerprint density at radius 2 is 1.68 bits per heavy atom. The zero-order valence-electron chi connectivity index (χ0n) is 16.8. The molecule has 0 aliphatic heterocycles. The lowest BCUT2D eigenvalue weighted by atomic mass is 10.1. The van der Waals surface area contributed by atoms with Gasteiger partial charge in [0.15, 0.2) is 0 Å². The second kappa shape index (κ2) is 9.77. The Labute approximate surface area is 166 Å². The van der Waals surface area contributed by atoms with Crippen molar-refractivity contribution in [2.45, 2.75) is 24.8 Å². The molecular weight excluding hydrogens is 382 g/mol. The fourth-order valence-corrected chi connectivity index (χ4v) is 4.04. The fraction of sp³-hybridized carbons (Fsp3) is 0.400. The lowest BCUT2D eigenvalue weighted by Crippen LogP contribution is -2.27. The summed E-state index contributed by atoms with van der Waals surface area (Å²) in [5.74, 6) is 1.82. The summed E-state index contributed by atoms with van der Waals surface area (Å²) in [7, 11) is 0.945. The van der Waals surface area contributed by atoms with E-state index in [2.05, 4.69) is 4.72 Å². The SMILES string of the molecule is COCCOc1ccc(S(=O)(=O)N[C@H](C)c2cc(OC)ccc2OC)cc1C. The van der Waals surface area contributed by atoms with Gasteiger partial charge in [0.2, 0.25) is 10.0 Å². The Bertz CT molecular complexity index is 898. The minimum absolute atomic E-state index is 0.165. The molecule has 0 unspecified atom stereocenters. The minimum atomic E-state index is -3.74. The second-order valence-corrected chi connectivity index (χ2v) is 7.93. The van der Waals surface area contributed by atoms with Crippen LogP contribution in [0, 0.1) is 6.92 Å². The molecule has 0 aromatic heterocycles. The minimum Gasteiger partial charge on any atom is -0.497 e. The Balaban J connectivity index is 2.22. The van der Waals surface area contributed by atoms with E-state index in [9.17, 15) is 8.42 Å². The van der Waals surface area contributed by atoms with Crippen molar-refractivity contribution in [1.82, 2.24) is 4.72 Å². The van der Waals surface area contributed by atoms with Gasteiger partial charge in [-0.2, -0.15) is 0 Å². The first-order valence-corrected chi connectivity index (χ1v) is 10.3. The van der Waals surface area contributed by atoms with Crippen molar-refractivity contribution < 1.29 is 27.4 Å². The Morgan fingerprint density at radius 3 is 2.29 bits per heavy atom. The van der Waals surface area contributed by atoms with Gasteiger partial charge in [0.25, 0.3) is 0 Å². The summed E-state index contributed by atoms with van der Waals surface area (Å²) >= 11 is 0. The first kappa shape index (κ1) is 22.0. The molecule has 2 aromatic rings. The van der Waals surface area contributed by atoms with Crippen molar-refractivity contribution in [2.24, 2.45) is 0 Å². The molecule has 1 N–H and O–H groups in total. The molecule has 154 valence electrons. The van der Waals surface area contributed by atoms with Gasteiger partial charge in [0.05, 0.1) is 25.7 Å². The van der Waals surface area contributed by atoms with Crippen LogP contribution in [0.15, 0.2) is 41.3 Å². The Hall–Kier alpha value is -2.29. The van der Waals surface area contributed by atoms with Gasteiger partial charge in [-0.05, 0) is 55.8 Å².